The largest absolute Gasteiger partial charge is 0.383 e. The Morgan fingerprint density at radius 1 is 0.958 bits per heavy atom. The number of nitrogens with zero attached hydrogens (tertiary/aromatic N) is 4. The van der Waals surface area contributed by atoms with Crippen molar-refractivity contribution in [3.05, 3.63) is 46.8 Å². The minimum Gasteiger partial charge on any atom is -0.383 e. The van der Waals surface area contributed by atoms with E-state index in [1.807, 2.05) is 12.1 Å². The van der Waals surface area contributed by atoms with Crippen LogP contribution in [0.3, 0.4) is 0 Å². The third-order valence-electron chi connectivity index (χ3n) is 3.21. The smallest absolute Gasteiger partial charge is 0.177 e. The number of hydrogen-bond donors (Lipinski definition) is 2. The Bertz CT molecular complexity index is 815. The zero-order chi connectivity index (χ0) is 17.9. The summed E-state index contributed by atoms with van der Waals surface area (Å²) in [6.45, 7) is 0. The van der Waals surface area contributed by atoms with E-state index in [1.165, 1.54) is 24.5 Å². The van der Waals surface area contributed by atoms with Crippen molar-refractivity contribution in [2.45, 2.75) is 10.8 Å². The lowest BCUT2D eigenvalue weighted by Gasteiger charge is -2.14. The van der Waals surface area contributed by atoms with Gasteiger partial charge in [0.15, 0.2) is 5.78 Å². The van der Waals surface area contributed by atoms with Crippen LogP contribution in [0.25, 0.3) is 0 Å². The van der Waals surface area contributed by atoms with Crippen molar-refractivity contribution in [3.63, 3.8) is 0 Å². The zero-order valence-corrected chi connectivity index (χ0v) is 13.6. The van der Waals surface area contributed by atoms with Crippen LogP contribution in [0.1, 0.15) is 33.0 Å². The van der Waals surface area contributed by atoms with Crippen molar-refractivity contribution in [1.29, 1.82) is 10.5 Å². The van der Waals surface area contributed by atoms with Crippen LogP contribution in [0, 0.1) is 22.7 Å². The van der Waals surface area contributed by atoms with Gasteiger partial charge >= 0.3 is 0 Å². The van der Waals surface area contributed by atoms with Crippen molar-refractivity contribution >= 4 is 40.6 Å². The molecule has 2 aromatic rings. The van der Waals surface area contributed by atoms with Crippen LogP contribution in [0.4, 0.5) is 11.6 Å². The second-order valence-corrected chi connectivity index (χ2v) is 5.63. The number of hydrogen-bond acceptors (Lipinski definition) is 7. The Hall–Kier alpha value is -2.87. The maximum absolute atomic E-state index is 12.5. The van der Waals surface area contributed by atoms with E-state index in [4.69, 9.17) is 45.2 Å². The number of nitrogens with two attached hydrogens (primary N) is 2. The van der Waals surface area contributed by atoms with Crippen LogP contribution in [-0.2, 0) is 4.79 Å². The topological polar surface area (TPSA) is 142 Å². The fourth-order valence-corrected chi connectivity index (χ4v) is 2.45. The van der Waals surface area contributed by atoms with Gasteiger partial charge in [-0.25, -0.2) is 9.97 Å². The highest BCUT2D eigenvalue weighted by Crippen LogP contribution is 2.33. The molecule has 24 heavy (non-hydrogen) atoms. The first kappa shape index (κ1) is 17.5. The maximum Gasteiger partial charge on any atom is 0.177 e. The molecule has 2 atom stereocenters. The van der Waals surface area contributed by atoms with Gasteiger partial charge in [-0.2, -0.15) is 10.5 Å². The molecule has 4 N–H and O–H groups in total. The monoisotopic (exact) mass is 360 g/mol. The van der Waals surface area contributed by atoms with Crippen LogP contribution in [0.2, 0.25) is 0 Å². The van der Waals surface area contributed by atoms with Gasteiger partial charge in [0, 0.05) is 12.4 Å². The van der Waals surface area contributed by atoms with Crippen molar-refractivity contribution in [2.24, 2.45) is 0 Å². The highest BCUT2D eigenvalue weighted by atomic mass is 35.5. The van der Waals surface area contributed by atoms with E-state index in [1.54, 1.807) is 0 Å². The molecule has 0 saturated heterocycles. The first-order valence-corrected chi connectivity index (χ1v) is 7.39. The summed E-state index contributed by atoms with van der Waals surface area (Å²) in [5.41, 5.74) is 11.9. The summed E-state index contributed by atoms with van der Waals surface area (Å²) in [6, 6.07) is 6.48. The number of rotatable bonds is 4. The zero-order valence-electron chi connectivity index (χ0n) is 12.1. The van der Waals surface area contributed by atoms with Crippen molar-refractivity contribution in [2.75, 3.05) is 11.5 Å². The summed E-state index contributed by atoms with van der Waals surface area (Å²) < 4.78 is 0. The number of alkyl halides is 2. The van der Waals surface area contributed by atoms with Gasteiger partial charge in [0.2, 0.25) is 0 Å². The van der Waals surface area contributed by atoms with Crippen molar-refractivity contribution in [3.8, 4) is 12.1 Å². The molecular weight excluding hydrogens is 351 g/mol. The molecule has 2 heterocycles. The predicted molar refractivity (Wildman–Crippen MR) is 88.9 cm³/mol. The fourth-order valence-electron chi connectivity index (χ4n) is 1.90. The predicted octanol–water partition coefficient (Wildman–Crippen LogP) is 2.21. The molecule has 2 rings (SSSR count). The van der Waals surface area contributed by atoms with Gasteiger partial charge in [-0.15, -0.1) is 23.2 Å². The number of aromatic nitrogens is 2. The van der Waals surface area contributed by atoms with Crippen LogP contribution >= 0.6 is 23.2 Å². The molecule has 0 bridgehead atoms. The average molecular weight is 361 g/mol. The molecule has 0 aliphatic rings. The molecule has 0 amide bonds. The number of carbonyl (C=O) groups is 1. The lowest BCUT2D eigenvalue weighted by atomic mass is 10.0. The second kappa shape index (κ2) is 7.14. The van der Waals surface area contributed by atoms with Gasteiger partial charge in [-0.3, -0.25) is 4.79 Å². The number of nitriles is 2. The maximum atomic E-state index is 12.5. The quantitative estimate of drug-likeness (QED) is 0.795. The third-order valence-corrected chi connectivity index (χ3v) is 4.14. The Kier molecular flexibility index (Phi) is 5.20. The minimum absolute atomic E-state index is 0.0429. The molecule has 0 spiro atoms. The summed E-state index contributed by atoms with van der Waals surface area (Å²) in [5, 5.41) is 15.6. The highest BCUT2D eigenvalue weighted by molar-refractivity contribution is 6.40. The summed E-state index contributed by atoms with van der Waals surface area (Å²) in [6.07, 6.45) is 2.61. The Labute approximate surface area is 147 Å². The molecule has 9 heteroatoms. The summed E-state index contributed by atoms with van der Waals surface area (Å²) in [4.78, 5) is 20.1. The number of anilines is 2. The molecule has 2 aromatic heterocycles. The lowest BCUT2D eigenvalue weighted by molar-refractivity contribution is -0.118. The average Bonchev–Trinajstić information content (AvgIpc) is 2.60. The fraction of sp³-hybridized carbons (Fsp3) is 0.133. The van der Waals surface area contributed by atoms with Gasteiger partial charge in [0.05, 0.1) is 11.1 Å². The van der Waals surface area contributed by atoms with Gasteiger partial charge in [0.25, 0.3) is 0 Å². The van der Waals surface area contributed by atoms with Crippen molar-refractivity contribution < 1.29 is 4.79 Å². The number of Topliss-reactive ketones (excluding diaryl/α,β-unsaturated/α-hetero) is 1. The number of nitrogen functional groups attached to an aromatic ring is 2. The molecular formula is C15H10Cl2N6O. The van der Waals surface area contributed by atoms with E-state index in [0.29, 0.717) is 11.1 Å². The summed E-state index contributed by atoms with van der Waals surface area (Å²) in [7, 11) is 0. The van der Waals surface area contributed by atoms with Gasteiger partial charge in [-0.1, -0.05) is 0 Å². The summed E-state index contributed by atoms with van der Waals surface area (Å²) in [5.74, 6) is -0.466. The first-order chi connectivity index (χ1) is 11.4. The van der Waals surface area contributed by atoms with Crippen LogP contribution in [-0.4, -0.2) is 15.8 Å². The Balaban J connectivity index is 2.31. The highest BCUT2D eigenvalue weighted by Gasteiger charge is 2.28. The van der Waals surface area contributed by atoms with E-state index in [-0.39, 0.29) is 22.8 Å². The van der Waals surface area contributed by atoms with Crippen LogP contribution in [0.5, 0.6) is 0 Å². The van der Waals surface area contributed by atoms with Crippen LogP contribution in [0.15, 0.2) is 24.5 Å². The Morgan fingerprint density at radius 3 is 1.67 bits per heavy atom. The van der Waals surface area contributed by atoms with Crippen molar-refractivity contribution in [1.82, 2.24) is 9.97 Å². The molecule has 2 unspecified atom stereocenters. The molecule has 120 valence electrons. The van der Waals surface area contributed by atoms with E-state index >= 15 is 0 Å². The number of carbonyl (C=O) groups excluding carboxylic acids is 1. The standard InChI is InChI=1S/C15H10Cl2N6O/c16-11(9-1-7(3-18)14(20)22-5-9)13(24)12(17)10-2-8(4-19)15(21)23-6-10/h1-2,5-6,11-12H,(H2,20,22)(H2,21,23). The molecule has 0 aromatic carbocycles. The van der Waals surface area contributed by atoms with Gasteiger partial charge < -0.3 is 11.5 Å². The molecule has 0 radical (unpaired) electrons. The normalized spacial score (nSPS) is 12.7. The molecule has 7 nitrogen and oxygen atoms in total. The van der Waals surface area contributed by atoms with E-state index in [2.05, 4.69) is 9.97 Å². The summed E-state index contributed by atoms with van der Waals surface area (Å²) >= 11 is 12.3. The number of pyridine rings is 2. The lowest BCUT2D eigenvalue weighted by Crippen LogP contribution is -2.15. The number of ketones is 1. The van der Waals surface area contributed by atoms with E-state index < -0.39 is 16.5 Å². The number of halogens is 2. The van der Waals surface area contributed by atoms with E-state index in [0.717, 1.165) is 0 Å². The van der Waals surface area contributed by atoms with Gasteiger partial charge in [0.1, 0.15) is 34.5 Å². The molecule has 0 fully saturated rings. The van der Waals surface area contributed by atoms with Gasteiger partial charge in [-0.05, 0) is 23.3 Å². The molecule has 0 aliphatic carbocycles. The first-order valence-electron chi connectivity index (χ1n) is 6.52. The second-order valence-electron chi connectivity index (χ2n) is 4.75. The molecule has 0 saturated carbocycles. The minimum atomic E-state index is -1.14. The Morgan fingerprint density at radius 2 is 1.33 bits per heavy atom. The SMILES string of the molecule is N#Cc1cc(C(Cl)C(=O)C(Cl)c2cnc(N)c(C#N)c2)cnc1N. The van der Waals surface area contributed by atoms with E-state index in [9.17, 15) is 4.79 Å². The third kappa shape index (κ3) is 3.38. The van der Waals surface area contributed by atoms with Crippen LogP contribution < -0.4 is 11.5 Å². The molecule has 0 aliphatic heterocycles.